The second kappa shape index (κ2) is 10.4. The summed E-state index contributed by atoms with van der Waals surface area (Å²) in [6, 6.07) is 32.2. The van der Waals surface area contributed by atoms with E-state index in [1.54, 1.807) is 24.8 Å². The van der Waals surface area contributed by atoms with E-state index in [0.717, 1.165) is 34.4 Å². The molecule has 4 aromatic heterocycles. The Bertz CT molecular complexity index is 1120. The van der Waals surface area contributed by atoms with Crippen molar-refractivity contribution in [3.05, 3.63) is 133 Å². The van der Waals surface area contributed by atoms with Gasteiger partial charge in [-0.1, -0.05) is 48.5 Å². The van der Waals surface area contributed by atoms with Crippen molar-refractivity contribution in [1.29, 1.82) is 0 Å². The van der Waals surface area contributed by atoms with Gasteiger partial charge in [-0.2, -0.15) is 0 Å². The number of anilines is 4. The largest absolute Gasteiger partial charge is 0.307 e. The molecule has 0 aliphatic heterocycles. The van der Waals surface area contributed by atoms with Gasteiger partial charge in [0, 0.05) is 24.8 Å². The number of hydrogen-bond acceptors (Lipinski definition) is 6. The number of benzene rings is 1. The minimum atomic E-state index is 0.648. The van der Waals surface area contributed by atoms with Gasteiger partial charge < -0.3 is 9.80 Å². The summed E-state index contributed by atoms with van der Waals surface area (Å²) in [5.74, 6) is 3.43. The molecule has 0 amide bonds. The smallest absolute Gasteiger partial charge is 0.134 e. The summed E-state index contributed by atoms with van der Waals surface area (Å²) in [7, 11) is 0. The Morgan fingerprint density at radius 3 is 1.06 bits per heavy atom. The molecule has 6 heteroatoms. The van der Waals surface area contributed by atoms with Gasteiger partial charge in [0.05, 0.1) is 13.1 Å². The molecular weight excluding hydrogens is 420 g/mol. The lowest BCUT2D eigenvalue weighted by molar-refractivity contribution is 0.900. The van der Waals surface area contributed by atoms with Crippen molar-refractivity contribution >= 4 is 23.3 Å². The highest BCUT2D eigenvalue weighted by Gasteiger charge is 2.15. The van der Waals surface area contributed by atoms with Gasteiger partial charge in [0.15, 0.2) is 0 Å². The molecule has 0 aliphatic rings. The fourth-order valence-corrected chi connectivity index (χ4v) is 3.80. The van der Waals surface area contributed by atoms with Crippen molar-refractivity contribution in [3.8, 4) is 0 Å². The summed E-state index contributed by atoms with van der Waals surface area (Å²) >= 11 is 0. The van der Waals surface area contributed by atoms with Crippen LogP contribution in [0.2, 0.25) is 0 Å². The molecule has 0 radical (unpaired) electrons. The SMILES string of the molecule is c1ccc(N(Cc2cccc(CN(c3ccccn3)c3ccccn3)c2)c2ccccn2)nc1. The predicted octanol–water partition coefficient (Wildman–Crippen LogP) is 5.94. The number of aromatic nitrogens is 4. The Kier molecular flexibility index (Phi) is 6.48. The van der Waals surface area contributed by atoms with Gasteiger partial charge in [-0.05, 0) is 59.7 Å². The van der Waals surface area contributed by atoms with E-state index >= 15 is 0 Å². The third-order valence-electron chi connectivity index (χ3n) is 5.38. The van der Waals surface area contributed by atoms with E-state index < -0.39 is 0 Å². The Morgan fingerprint density at radius 1 is 0.412 bits per heavy atom. The third kappa shape index (κ3) is 5.07. The Labute approximate surface area is 199 Å². The average molecular weight is 445 g/mol. The first-order valence-corrected chi connectivity index (χ1v) is 11.1. The van der Waals surface area contributed by atoms with Gasteiger partial charge in [0.2, 0.25) is 0 Å². The molecule has 0 saturated carbocycles. The zero-order valence-electron chi connectivity index (χ0n) is 18.6. The topological polar surface area (TPSA) is 58.0 Å². The van der Waals surface area contributed by atoms with E-state index in [1.165, 1.54) is 0 Å². The molecule has 6 nitrogen and oxygen atoms in total. The van der Waals surface area contributed by atoms with Crippen LogP contribution in [0.5, 0.6) is 0 Å². The molecular formula is C28H24N6. The van der Waals surface area contributed by atoms with Gasteiger partial charge in [-0.25, -0.2) is 19.9 Å². The standard InChI is InChI=1S/C28H24N6/c1-5-16-29-25(12-1)33(26-13-2-6-17-30-26)21-23-10-9-11-24(20-23)22-34(27-14-3-7-18-31-27)28-15-4-8-19-32-28/h1-20H,21-22H2. The van der Waals surface area contributed by atoms with Crippen molar-refractivity contribution in [2.75, 3.05) is 9.80 Å². The molecule has 0 unspecified atom stereocenters. The summed E-state index contributed by atoms with van der Waals surface area (Å²) in [6.45, 7) is 1.30. The Hall–Kier alpha value is -4.58. The molecule has 1 aromatic carbocycles. The number of rotatable bonds is 8. The van der Waals surface area contributed by atoms with Gasteiger partial charge >= 0.3 is 0 Å². The Balaban J connectivity index is 1.44. The van der Waals surface area contributed by atoms with Crippen LogP contribution in [0.15, 0.2) is 122 Å². The van der Waals surface area contributed by atoms with E-state index in [4.69, 9.17) is 0 Å². The molecule has 5 aromatic rings. The van der Waals surface area contributed by atoms with Gasteiger partial charge in [-0.15, -0.1) is 0 Å². The van der Waals surface area contributed by atoms with E-state index in [9.17, 15) is 0 Å². The van der Waals surface area contributed by atoms with Crippen LogP contribution in [0.25, 0.3) is 0 Å². The zero-order chi connectivity index (χ0) is 23.0. The number of hydrogen-bond donors (Lipinski definition) is 0. The second-order valence-corrected chi connectivity index (χ2v) is 7.74. The van der Waals surface area contributed by atoms with Crippen molar-refractivity contribution in [2.24, 2.45) is 0 Å². The number of nitrogens with zero attached hydrogens (tertiary/aromatic N) is 6. The summed E-state index contributed by atoms with van der Waals surface area (Å²) in [5.41, 5.74) is 2.33. The lowest BCUT2D eigenvalue weighted by atomic mass is 10.1. The predicted molar refractivity (Wildman–Crippen MR) is 135 cm³/mol. The van der Waals surface area contributed by atoms with Crippen molar-refractivity contribution < 1.29 is 0 Å². The molecule has 166 valence electrons. The van der Waals surface area contributed by atoms with Gasteiger partial charge in [-0.3, -0.25) is 0 Å². The van der Waals surface area contributed by atoms with Crippen LogP contribution in [0.3, 0.4) is 0 Å². The van der Waals surface area contributed by atoms with Crippen LogP contribution < -0.4 is 9.80 Å². The maximum Gasteiger partial charge on any atom is 0.134 e. The van der Waals surface area contributed by atoms with Crippen molar-refractivity contribution in [2.45, 2.75) is 13.1 Å². The van der Waals surface area contributed by atoms with Crippen LogP contribution in [0.1, 0.15) is 11.1 Å². The first kappa shape index (κ1) is 21.3. The first-order valence-electron chi connectivity index (χ1n) is 11.1. The van der Waals surface area contributed by atoms with E-state index in [-0.39, 0.29) is 0 Å². The normalized spacial score (nSPS) is 10.6. The summed E-state index contributed by atoms with van der Waals surface area (Å²) in [4.78, 5) is 22.5. The third-order valence-corrected chi connectivity index (χ3v) is 5.38. The Morgan fingerprint density at radius 2 is 0.765 bits per heavy atom. The van der Waals surface area contributed by atoms with Gasteiger partial charge in [0.1, 0.15) is 23.3 Å². The maximum atomic E-state index is 4.56. The lowest BCUT2D eigenvalue weighted by Gasteiger charge is -2.24. The fraction of sp³-hybridized carbons (Fsp3) is 0.0714. The highest BCUT2D eigenvalue weighted by molar-refractivity contribution is 5.57. The molecule has 0 saturated heterocycles. The number of pyridine rings is 4. The molecule has 5 rings (SSSR count). The molecule has 0 fully saturated rings. The summed E-state index contributed by atoms with van der Waals surface area (Å²) in [6.07, 6.45) is 7.22. The minimum absolute atomic E-state index is 0.648. The van der Waals surface area contributed by atoms with Crippen LogP contribution >= 0.6 is 0 Å². The highest BCUT2D eigenvalue weighted by atomic mass is 15.2. The molecule has 4 heterocycles. The zero-order valence-corrected chi connectivity index (χ0v) is 18.6. The summed E-state index contributed by atoms with van der Waals surface area (Å²) < 4.78 is 0. The summed E-state index contributed by atoms with van der Waals surface area (Å²) in [5, 5.41) is 0. The monoisotopic (exact) mass is 444 g/mol. The maximum absolute atomic E-state index is 4.56. The van der Waals surface area contributed by atoms with Crippen LogP contribution in [-0.4, -0.2) is 19.9 Å². The van der Waals surface area contributed by atoms with Crippen LogP contribution in [0.4, 0.5) is 23.3 Å². The van der Waals surface area contributed by atoms with Gasteiger partial charge in [0.25, 0.3) is 0 Å². The lowest BCUT2D eigenvalue weighted by Crippen LogP contribution is -2.20. The molecule has 0 atom stereocenters. The quantitative estimate of drug-likeness (QED) is 0.295. The van der Waals surface area contributed by atoms with E-state index in [2.05, 4.69) is 54.0 Å². The van der Waals surface area contributed by atoms with Crippen molar-refractivity contribution in [1.82, 2.24) is 19.9 Å². The average Bonchev–Trinajstić information content (AvgIpc) is 2.92. The van der Waals surface area contributed by atoms with Crippen molar-refractivity contribution in [3.63, 3.8) is 0 Å². The fourth-order valence-electron chi connectivity index (χ4n) is 3.80. The molecule has 34 heavy (non-hydrogen) atoms. The molecule has 0 bridgehead atoms. The second-order valence-electron chi connectivity index (χ2n) is 7.74. The molecule has 0 spiro atoms. The molecule has 0 N–H and O–H groups in total. The highest BCUT2D eigenvalue weighted by Crippen LogP contribution is 2.26. The van der Waals surface area contributed by atoms with Crippen LogP contribution in [-0.2, 0) is 13.1 Å². The first-order chi connectivity index (χ1) is 16.9. The minimum Gasteiger partial charge on any atom is -0.307 e. The van der Waals surface area contributed by atoms with E-state index in [1.807, 2.05) is 72.8 Å². The van der Waals surface area contributed by atoms with E-state index in [0.29, 0.717) is 13.1 Å². The van der Waals surface area contributed by atoms with Crippen LogP contribution in [0, 0.1) is 0 Å². The molecule has 0 aliphatic carbocycles.